The van der Waals surface area contributed by atoms with E-state index in [0.29, 0.717) is 10.6 Å². The molecule has 0 saturated heterocycles. The summed E-state index contributed by atoms with van der Waals surface area (Å²) in [5, 5.41) is 0.617. The quantitative estimate of drug-likeness (QED) is 0.671. The molecule has 0 aliphatic heterocycles. The summed E-state index contributed by atoms with van der Waals surface area (Å²) in [4.78, 5) is 0. The summed E-state index contributed by atoms with van der Waals surface area (Å²) in [5.74, 6) is 5.33. The standard InChI is InChI=1S/C15H16ClFN2O/c1-9-6-7-10(8-12(9)16)15(19-18)11-4-3-5-13(20-2)14(11)17/h3-8,15,19H,18H2,1-2H3. The largest absolute Gasteiger partial charge is 0.494 e. The Bertz CT molecular complexity index is 619. The highest BCUT2D eigenvalue weighted by atomic mass is 35.5. The van der Waals surface area contributed by atoms with Crippen molar-refractivity contribution in [1.29, 1.82) is 0 Å². The van der Waals surface area contributed by atoms with Crippen LogP contribution in [0.25, 0.3) is 0 Å². The van der Waals surface area contributed by atoms with E-state index in [9.17, 15) is 4.39 Å². The Kier molecular flexibility index (Phi) is 4.60. The van der Waals surface area contributed by atoms with Crippen LogP contribution >= 0.6 is 11.6 Å². The van der Waals surface area contributed by atoms with Gasteiger partial charge in [-0.15, -0.1) is 0 Å². The molecular formula is C15H16ClFN2O. The first kappa shape index (κ1) is 14.8. The number of halogens is 2. The molecule has 0 fully saturated rings. The van der Waals surface area contributed by atoms with Gasteiger partial charge in [0.25, 0.3) is 0 Å². The van der Waals surface area contributed by atoms with Crippen molar-refractivity contribution in [2.24, 2.45) is 5.84 Å². The Labute approximate surface area is 122 Å². The molecule has 1 unspecified atom stereocenters. The molecule has 5 heteroatoms. The molecule has 0 amide bonds. The molecule has 0 saturated carbocycles. The average Bonchev–Trinajstić information content (AvgIpc) is 2.45. The molecule has 0 bridgehead atoms. The Morgan fingerprint density at radius 2 is 2.05 bits per heavy atom. The van der Waals surface area contributed by atoms with Gasteiger partial charge in [-0.05, 0) is 30.2 Å². The van der Waals surface area contributed by atoms with E-state index in [1.807, 2.05) is 19.1 Å². The van der Waals surface area contributed by atoms with E-state index in [-0.39, 0.29) is 5.75 Å². The topological polar surface area (TPSA) is 47.3 Å². The lowest BCUT2D eigenvalue weighted by molar-refractivity contribution is 0.381. The van der Waals surface area contributed by atoms with Crippen molar-refractivity contribution < 1.29 is 9.13 Å². The normalized spacial score (nSPS) is 12.2. The summed E-state index contributed by atoms with van der Waals surface area (Å²) in [6, 6.07) is 9.97. The molecule has 2 aromatic rings. The van der Waals surface area contributed by atoms with Crippen LogP contribution < -0.4 is 16.0 Å². The van der Waals surface area contributed by atoms with Crippen molar-refractivity contribution in [3.63, 3.8) is 0 Å². The van der Waals surface area contributed by atoms with Crippen LogP contribution in [0.2, 0.25) is 5.02 Å². The summed E-state index contributed by atoms with van der Waals surface area (Å²) >= 11 is 6.11. The van der Waals surface area contributed by atoms with E-state index in [0.717, 1.165) is 11.1 Å². The second-order valence-electron chi connectivity index (χ2n) is 4.47. The first-order chi connectivity index (χ1) is 9.58. The number of hydrazine groups is 1. The van der Waals surface area contributed by atoms with Crippen molar-refractivity contribution in [3.05, 3.63) is 63.9 Å². The van der Waals surface area contributed by atoms with Gasteiger partial charge in [0.05, 0.1) is 13.2 Å². The minimum Gasteiger partial charge on any atom is -0.494 e. The summed E-state index contributed by atoms with van der Waals surface area (Å²) in [7, 11) is 1.43. The molecule has 1 atom stereocenters. The van der Waals surface area contributed by atoms with Gasteiger partial charge in [-0.3, -0.25) is 5.84 Å². The van der Waals surface area contributed by atoms with E-state index >= 15 is 0 Å². The fraction of sp³-hybridized carbons (Fsp3) is 0.200. The monoisotopic (exact) mass is 294 g/mol. The summed E-state index contributed by atoms with van der Waals surface area (Å²) < 4.78 is 19.3. The first-order valence-electron chi connectivity index (χ1n) is 6.13. The fourth-order valence-corrected chi connectivity index (χ4v) is 2.25. The second kappa shape index (κ2) is 6.22. The molecule has 0 radical (unpaired) electrons. The summed E-state index contributed by atoms with van der Waals surface area (Å²) in [6.45, 7) is 1.91. The van der Waals surface area contributed by atoms with Crippen LogP contribution in [0.5, 0.6) is 5.75 Å². The maximum atomic E-state index is 14.3. The second-order valence-corrected chi connectivity index (χ2v) is 4.88. The Morgan fingerprint density at radius 1 is 1.30 bits per heavy atom. The Morgan fingerprint density at radius 3 is 2.65 bits per heavy atom. The molecule has 0 spiro atoms. The van der Waals surface area contributed by atoms with Crippen molar-refractivity contribution in [2.75, 3.05) is 7.11 Å². The zero-order valence-electron chi connectivity index (χ0n) is 11.3. The third-order valence-electron chi connectivity index (χ3n) is 3.22. The molecule has 3 nitrogen and oxygen atoms in total. The third-order valence-corrected chi connectivity index (χ3v) is 3.63. The molecule has 0 heterocycles. The molecule has 2 aromatic carbocycles. The van der Waals surface area contributed by atoms with E-state index in [1.165, 1.54) is 7.11 Å². The van der Waals surface area contributed by atoms with Crippen LogP contribution in [0.4, 0.5) is 4.39 Å². The molecular weight excluding hydrogens is 279 g/mol. The van der Waals surface area contributed by atoms with Crippen LogP contribution in [0.1, 0.15) is 22.7 Å². The summed E-state index contributed by atoms with van der Waals surface area (Å²) in [6.07, 6.45) is 0. The number of nitrogens with one attached hydrogen (secondary N) is 1. The van der Waals surface area contributed by atoms with E-state index < -0.39 is 11.9 Å². The predicted octanol–water partition coefficient (Wildman–Crippen LogP) is 3.35. The molecule has 0 aliphatic rings. The maximum absolute atomic E-state index is 14.3. The zero-order chi connectivity index (χ0) is 14.7. The number of ether oxygens (including phenoxy) is 1. The lowest BCUT2D eigenvalue weighted by Gasteiger charge is -2.19. The number of hydrogen-bond donors (Lipinski definition) is 2. The van der Waals surface area contributed by atoms with Crippen molar-refractivity contribution in [2.45, 2.75) is 13.0 Å². The van der Waals surface area contributed by atoms with Crippen molar-refractivity contribution in [3.8, 4) is 5.75 Å². The molecule has 0 aromatic heterocycles. The number of hydrogen-bond acceptors (Lipinski definition) is 3. The predicted molar refractivity (Wildman–Crippen MR) is 78.3 cm³/mol. The highest BCUT2D eigenvalue weighted by Gasteiger charge is 2.19. The Hall–Kier alpha value is -1.62. The lowest BCUT2D eigenvalue weighted by Crippen LogP contribution is -2.29. The fourth-order valence-electron chi connectivity index (χ4n) is 2.06. The Balaban J connectivity index is 2.49. The van der Waals surface area contributed by atoms with Gasteiger partial charge >= 0.3 is 0 Å². The molecule has 3 N–H and O–H groups in total. The molecule has 20 heavy (non-hydrogen) atoms. The van der Waals surface area contributed by atoms with Gasteiger partial charge in [0.1, 0.15) is 0 Å². The van der Waals surface area contributed by atoms with E-state index in [1.54, 1.807) is 24.3 Å². The highest BCUT2D eigenvalue weighted by Crippen LogP contribution is 2.30. The van der Waals surface area contributed by atoms with Crippen LogP contribution in [0, 0.1) is 12.7 Å². The van der Waals surface area contributed by atoms with Crippen molar-refractivity contribution >= 4 is 11.6 Å². The molecule has 2 rings (SSSR count). The van der Waals surface area contributed by atoms with Crippen LogP contribution in [0.15, 0.2) is 36.4 Å². The van der Waals surface area contributed by atoms with Crippen LogP contribution in [-0.4, -0.2) is 7.11 Å². The van der Waals surface area contributed by atoms with Gasteiger partial charge in [-0.25, -0.2) is 9.82 Å². The van der Waals surface area contributed by atoms with Gasteiger partial charge in [0, 0.05) is 10.6 Å². The number of nitrogens with two attached hydrogens (primary N) is 1. The third kappa shape index (κ3) is 2.77. The van der Waals surface area contributed by atoms with E-state index in [2.05, 4.69) is 5.43 Å². The van der Waals surface area contributed by atoms with Gasteiger partial charge in [-0.1, -0.05) is 35.9 Å². The summed E-state index contributed by atoms with van der Waals surface area (Å²) in [5.41, 5.74) is 4.77. The van der Waals surface area contributed by atoms with Gasteiger partial charge in [-0.2, -0.15) is 0 Å². The minimum atomic E-state index is -0.497. The van der Waals surface area contributed by atoms with Gasteiger partial charge < -0.3 is 4.74 Å². The lowest BCUT2D eigenvalue weighted by atomic mass is 9.97. The van der Waals surface area contributed by atoms with Crippen LogP contribution in [-0.2, 0) is 0 Å². The van der Waals surface area contributed by atoms with E-state index in [4.69, 9.17) is 22.2 Å². The number of methoxy groups -OCH3 is 1. The minimum absolute atomic E-state index is 0.181. The van der Waals surface area contributed by atoms with Crippen molar-refractivity contribution in [1.82, 2.24) is 5.43 Å². The number of aryl methyl sites for hydroxylation is 1. The van der Waals surface area contributed by atoms with Gasteiger partial charge in [0.15, 0.2) is 11.6 Å². The number of benzene rings is 2. The average molecular weight is 295 g/mol. The molecule has 0 aliphatic carbocycles. The van der Waals surface area contributed by atoms with Gasteiger partial charge in [0.2, 0.25) is 0 Å². The van der Waals surface area contributed by atoms with Crippen LogP contribution in [0.3, 0.4) is 0 Å². The molecule has 106 valence electrons. The smallest absolute Gasteiger partial charge is 0.170 e. The highest BCUT2D eigenvalue weighted by molar-refractivity contribution is 6.31. The number of rotatable bonds is 4. The zero-order valence-corrected chi connectivity index (χ0v) is 12.0. The SMILES string of the molecule is COc1cccc(C(NN)c2ccc(C)c(Cl)c2)c1F. The first-order valence-corrected chi connectivity index (χ1v) is 6.51. The maximum Gasteiger partial charge on any atom is 0.170 e.